The molecule has 0 atom stereocenters. The Morgan fingerprint density at radius 2 is 1.92 bits per heavy atom. The van der Waals surface area contributed by atoms with Gasteiger partial charge in [0.1, 0.15) is 11.6 Å². The molecule has 1 N–H and O–H groups in total. The van der Waals surface area contributed by atoms with Gasteiger partial charge in [0.05, 0.1) is 4.92 Å². The number of amides is 1. The maximum Gasteiger partial charge on any atom is 0.292 e. The molecule has 2 aromatic heterocycles. The van der Waals surface area contributed by atoms with Crippen molar-refractivity contribution in [3.05, 3.63) is 76.2 Å². The van der Waals surface area contributed by atoms with Gasteiger partial charge in [-0.1, -0.05) is 0 Å². The fraction of sp³-hybridized carbons (Fsp3) is 0.0588. The minimum Gasteiger partial charge on any atom is -0.451 e. The summed E-state index contributed by atoms with van der Waals surface area (Å²) in [4.78, 5) is 26.4. The molecule has 0 unspecified atom stereocenters. The molecule has 3 aromatic rings. The molecule has 0 bridgehead atoms. The highest BCUT2D eigenvalue weighted by atomic mass is 16.6. The molecule has 2 heterocycles. The number of pyridine rings is 1. The predicted molar refractivity (Wildman–Crippen MR) is 87.7 cm³/mol. The number of furan rings is 1. The monoisotopic (exact) mass is 323 g/mol. The van der Waals surface area contributed by atoms with Crippen LogP contribution in [0.5, 0.6) is 0 Å². The zero-order valence-electron chi connectivity index (χ0n) is 12.7. The van der Waals surface area contributed by atoms with E-state index in [1.54, 1.807) is 36.5 Å². The van der Waals surface area contributed by atoms with Crippen LogP contribution in [-0.2, 0) is 0 Å². The minimum atomic E-state index is -0.473. The van der Waals surface area contributed by atoms with Crippen molar-refractivity contribution in [1.82, 2.24) is 4.98 Å². The van der Waals surface area contributed by atoms with Gasteiger partial charge >= 0.3 is 0 Å². The van der Waals surface area contributed by atoms with E-state index in [1.807, 2.05) is 13.0 Å². The number of hydrogen-bond acceptors (Lipinski definition) is 5. The number of carbonyl (C=O) groups excluding carboxylic acids is 1. The first-order valence-corrected chi connectivity index (χ1v) is 7.11. The summed E-state index contributed by atoms with van der Waals surface area (Å²) in [7, 11) is 0. The average molecular weight is 323 g/mol. The van der Waals surface area contributed by atoms with Crippen molar-refractivity contribution in [2.75, 3.05) is 5.32 Å². The van der Waals surface area contributed by atoms with E-state index < -0.39 is 10.8 Å². The molecule has 7 heteroatoms. The lowest BCUT2D eigenvalue weighted by molar-refractivity contribution is -0.384. The Morgan fingerprint density at radius 3 is 2.58 bits per heavy atom. The van der Waals surface area contributed by atoms with E-state index in [-0.39, 0.29) is 11.4 Å². The highest BCUT2D eigenvalue weighted by Crippen LogP contribution is 2.24. The van der Waals surface area contributed by atoms with Crippen LogP contribution in [0, 0.1) is 17.0 Å². The number of benzene rings is 1. The van der Waals surface area contributed by atoms with Crippen molar-refractivity contribution in [2.24, 2.45) is 0 Å². The molecule has 7 nitrogen and oxygen atoms in total. The summed E-state index contributed by atoms with van der Waals surface area (Å²) < 4.78 is 5.52. The van der Waals surface area contributed by atoms with Crippen LogP contribution in [-0.4, -0.2) is 15.8 Å². The molecule has 0 aliphatic rings. The highest BCUT2D eigenvalue weighted by Gasteiger charge is 2.14. The fourth-order valence-corrected chi connectivity index (χ4v) is 2.14. The van der Waals surface area contributed by atoms with Gasteiger partial charge in [-0.25, -0.2) is 4.98 Å². The van der Waals surface area contributed by atoms with Crippen molar-refractivity contribution < 1.29 is 14.1 Å². The number of non-ortho nitro benzene ring substituents is 1. The third-order valence-electron chi connectivity index (χ3n) is 3.35. The van der Waals surface area contributed by atoms with Crippen molar-refractivity contribution in [3.8, 4) is 11.3 Å². The van der Waals surface area contributed by atoms with Gasteiger partial charge in [0.25, 0.3) is 11.6 Å². The first-order chi connectivity index (χ1) is 11.5. The van der Waals surface area contributed by atoms with Gasteiger partial charge in [-0.3, -0.25) is 14.9 Å². The Hall–Kier alpha value is -3.48. The lowest BCUT2D eigenvalue weighted by atomic mass is 10.1. The molecular formula is C17H13N3O4. The first kappa shape index (κ1) is 15.4. The first-order valence-electron chi connectivity index (χ1n) is 7.11. The second-order valence-corrected chi connectivity index (χ2v) is 5.14. The van der Waals surface area contributed by atoms with Crippen molar-refractivity contribution >= 4 is 17.4 Å². The molecule has 24 heavy (non-hydrogen) atoms. The quantitative estimate of drug-likeness (QED) is 0.581. The van der Waals surface area contributed by atoms with Crippen LogP contribution >= 0.6 is 0 Å². The van der Waals surface area contributed by atoms with Crippen LogP contribution < -0.4 is 5.32 Å². The molecule has 1 amide bonds. The minimum absolute atomic E-state index is 0.00575. The lowest BCUT2D eigenvalue weighted by Gasteiger charge is -2.02. The molecule has 1 aromatic carbocycles. The van der Waals surface area contributed by atoms with Crippen LogP contribution in [0.4, 0.5) is 11.5 Å². The van der Waals surface area contributed by atoms with E-state index in [0.29, 0.717) is 17.1 Å². The average Bonchev–Trinajstić information content (AvgIpc) is 3.05. The summed E-state index contributed by atoms with van der Waals surface area (Å²) in [5.74, 6) is 0.605. The molecule has 0 fully saturated rings. The van der Waals surface area contributed by atoms with Crippen molar-refractivity contribution in [1.29, 1.82) is 0 Å². The molecule has 0 aliphatic heterocycles. The molecular weight excluding hydrogens is 310 g/mol. The number of nitrogens with zero attached hydrogens (tertiary/aromatic N) is 2. The maximum absolute atomic E-state index is 12.2. The zero-order chi connectivity index (χ0) is 17.1. The number of anilines is 1. The van der Waals surface area contributed by atoms with Crippen molar-refractivity contribution in [2.45, 2.75) is 6.92 Å². The molecule has 0 saturated carbocycles. The molecule has 0 spiro atoms. The van der Waals surface area contributed by atoms with Crippen LogP contribution in [0.25, 0.3) is 11.3 Å². The van der Waals surface area contributed by atoms with Gasteiger partial charge in [0, 0.05) is 23.9 Å². The third kappa shape index (κ3) is 3.30. The summed E-state index contributed by atoms with van der Waals surface area (Å²) in [5.41, 5.74) is 1.62. The van der Waals surface area contributed by atoms with E-state index >= 15 is 0 Å². The maximum atomic E-state index is 12.2. The van der Waals surface area contributed by atoms with Crippen LogP contribution in [0.15, 0.2) is 59.1 Å². The van der Waals surface area contributed by atoms with Gasteiger partial charge in [-0.15, -0.1) is 0 Å². The number of nitro benzene ring substituents is 1. The van der Waals surface area contributed by atoms with Crippen LogP contribution in [0.3, 0.4) is 0 Å². The molecule has 0 saturated heterocycles. The van der Waals surface area contributed by atoms with E-state index in [0.717, 1.165) is 5.56 Å². The van der Waals surface area contributed by atoms with E-state index in [1.165, 1.54) is 12.1 Å². The Bertz CT molecular complexity index is 900. The zero-order valence-corrected chi connectivity index (χ0v) is 12.7. The molecule has 3 rings (SSSR count). The smallest absolute Gasteiger partial charge is 0.292 e. The summed E-state index contributed by atoms with van der Waals surface area (Å²) in [6.45, 7) is 1.90. The van der Waals surface area contributed by atoms with Crippen LogP contribution in [0.2, 0.25) is 0 Å². The normalized spacial score (nSPS) is 10.4. The largest absolute Gasteiger partial charge is 0.451 e. The Balaban J connectivity index is 1.77. The predicted octanol–water partition coefficient (Wildman–Crippen LogP) is 3.81. The second-order valence-electron chi connectivity index (χ2n) is 5.14. The topological polar surface area (TPSA) is 98.3 Å². The van der Waals surface area contributed by atoms with Gasteiger partial charge in [0.2, 0.25) is 0 Å². The standard InChI is InChI=1S/C17H13N3O4/c1-11-8-9-18-16(10-11)19-17(21)15-7-6-14(24-15)12-2-4-13(5-3-12)20(22)23/h2-10H,1H3,(H,18,19,21). The number of hydrogen-bond donors (Lipinski definition) is 1. The summed E-state index contributed by atoms with van der Waals surface area (Å²) in [6, 6.07) is 12.7. The summed E-state index contributed by atoms with van der Waals surface area (Å²) >= 11 is 0. The van der Waals surface area contributed by atoms with E-state index in [9.17, 15) is 14.9 Å². The number of carbonyl (C=O) groups is 1. The SMILES string of the molecule is Cc1ccnc(NC(=O)c2ccc(-c3ccc([N+](=O)[O-])cc3)o2)c1. The second kappa shape index (κ2) is 6.33. The van der Waals surface area contributed by atoms with Gasteiger partial charge in [-0.2, -0.15) is 0 Å². The highest BCUT2D eigenvalue weighted by molar-refractivity contribution is 6.02. The number of nitrogens with one attached hydrogen (secondary N) is 1. The van der Waals surface area contributed by atoms with E-state index in [4.69, 9.17) is 4.42 Å². The van der Waals surface area contributed by atoms with Gasteiger partial charge in [0.15, 0.2) is 5.76 Å². The van der Waals surface area contributed by atoms with Gasteiger partial charge in [-0.05, 0) is 48.9 Å². The number of aryl methyl sites for hydroxylation is 1. The Kier molecular flexibility index (Phi) is 4.07. The Morgan fingerprint density at radius 1 is 1.17 bits per heavy atom. The number of rotatable bonds is 4. The third-order valence-corrected chi connectivity index (χ3v) is 3.35. The van der Waals surface area contributed by atoms with Gasteiger partial charge < -0.3 is 9.73 Å². The molecule has 120 valence electrons. The fourth-order valence-electron chi connectivity index (χ4n) is 2.14. The van der Waals surface area contributed by atoms with Crippen molar-refractivity contribution in [3.63, 3.8) is 0 Å². The Labute approximate surface area is 137 Å². The number of nitro groups is 1. The summed E-state index contributed by atoms with van der Waals surface area (Å²) in [5, 5.41) is 13.3. The lowest BCUT2D eigenvalue weighted by Crippen LogP contribution is -2.11. The van der Waals surface area contributed by atoms with Crippen LogP contribution in [0.1, 0.15) is 16.1 Å². The summed E-state index contributed by atoms with van der Waals surface area (Å²) in [6.07, 6.45) is 1.61. The number of aromatic nitrogens is 1. The molecule has 0 aliphatic carbocycles. The van der Waals surface area contributed by atoms with E-state index in [2.05, 4.69) is 10.3 Å². The molecule has 0 radical (unpaired) electrons.